The number of allylic oxidation sites excluding steroid dienone is 1. The molecule has 1 atom stereocenters. The van der Waals surface area contributed by atoms with Crippen LogP contribution < -0.4 is 5.32 Å². The van der Waals surface area contributed by atoms with Crippen LogP contribution in [0, 0.1) is 11.3 Å². The molecular weight excluding hydrogens is 246 g/mol. The van der Waals surface area contributed by atoms with Gasteiger partial charge in [-0.3, -0.25) is 0 Å². The standard InChI is InChI=1S/C17H17N3/c1-2-3-9-17(14-7-5-4-6-8-14)20-16-11-10-15(12-18)19-13-16/h2,4-8,10-11,13,17,20H,1,3,9H2. The fraction of sp³-hybridized carbons (Fsp3) is 0.176. The molecule has 0 saturated carbocycles. The Kier molecular flexibility index (Phi) is 4.91. The van der Waals surface area contributed by atoms with E-state index in [1.54, 1.807) is 12.3 Å². The van der Waals surface area contributed by atoms with Crippen molar-refractivity contribution in [1.82, 2.24) is 4.98 Å². The van der Waals surface area contributed by atoms with E-state index in [4.69, 9.17) is 5.26 Å². The van der Waals surface area contributed by atoms with E-state index < -0.39 is 0 Å². The third-order valence-electron chi connectivity index (χ3n) is 3.08. The first-order chi connectivity index (χ1) is 9.83. The Hall–Kier alpha value is -2.60. The van der Waals surface area contributed by atoms with Gasteiger partial charge in [-0.2, -0.15) is 5.26 Å². The Morgan fingerprint density at radius 3 is 2.65 bits per heavy atom. The molecule has 0 bridgehead atoms. The fourth-order valence-corrected chi connectivity index (χ4v) is 2.04. The predicted molar refractivity (Wildman–Crippen MR) is 81.2 cm³/mol. The second kappa shape index (κ2) is 7.10. The Bertz CT molecular complexity index is 582. The van der Waals surface area contributed by atoms with Gasteiger partial charge < -0.3 is 5.32 Å². The van der Waals surface area contributed by atoms with Crippen molar-refractivity contribution in [2.75, 3.05) is 5.32 Å². The highest BCUT2D eigenvalue weighted by molar-refractivity contribution is 5.45. The van der Waals surface area contributed by atoms with Crippen LogP contribution in [0.3, 0.4) is 0 Å². The van der Waals surface area contributed by atoms with Gasteiger partial charge in [-0.1, -0.05) is 36.4 Å². The van der Waals surface area contributed by atoms with Gasteiger partial charge in [0.15, 0.2) is 0 Å². The van der Waals surface area contributed by atoms with Crippen LogP contribution in [0.5, 0.6) is 0 Å². The SMILES string of the molecule is C=CCCC(Nc1ccc(C#N)nc1)c1ccccc1. The first-order valence-corrected chi connectivity index (χ1v) is 6.62. The number of rotatable bonds is 6. The molecule has 1 aromatic carbocycles. The van der Waals surface area contributed by atoms with Gasteiger partial charge in [-0.25, -0.2) is 4.98 Å². The summed E-state index contributed by atoms with van der Waals surface area (Å²) < 4.78 is 0. The summed E-state index contributed by atoms with van der Waals surface area (Å²) in [5, 5.41) is 12.2. The lowest BCUT2D eigenvalue weighted by Gasteiger charge is -2.19. The molecule has 2 rings (SSSR count). The number of nitrogens with zero attached hydrogens (tertiary/aromatic N) is 2. The number of pyridine rings is 1. The van der Waals surface area contributed by atoms with Crippen LogP contribution in [0.25, 0.3) is 0 Å². The Labute approximate surface area is 119 Å². The summed E-state index contributed by atoms with van der Waals surface area (Å²) in [6.45, 7) is 3.78. The minimum Gasteiger partial charge on any atom is -0.377 e. The van der Waals surface area contributed by atoms with E-state index in [9.17, 15) is 0 Å². The van der Waals surface area contributed by atoms with Gasteiger partial charge in [0.1, 0.15) is 11.8 Å². The number of anilines is 1. The molecule has 0 aliphatic rings. The topological polar surface area (TPSA) is 48.7 Å². The molecule has 3 nitrogen and oxygen atoms in total. The highest BCUT2D eigenvalue weighted by atomic mass is 14.9. The van der Waals surface area contributed by atoms with Gasteiger partial charge in [0.2, 0.25) is 0 Å². The summed E-state index contributed by atoms with van der Waals surface area (Å²) in [6, 6.07) is 16.1. The van der Waals surface area contributed by atoms with Crippen LogP contribution >= 0.6 is 0 Å². The summed E-state index contributed by atoms with van der Waals surface area (Å²) >= 11 is 0. The fourth-order valence-electron chi connectivity index (χ4n) is 2.04. The second-order valence-corrected chi connectivity index (χ2v) is 4.52. The number of aromatic nitrogens is 1. The monoisotopic (exact) mass is 263 g/mol. The zero-order valence-electron chi connectivity index (χ0n) is 11.3. The number of nitriles is 1. The summed E-state index contributed by atoms with van der Waals surface area (Å²) in [6.07, 6.45) is 5.53. The van der Waals surface area contributed by atoms with Crippen molar-refractivity contribution in [2.45, 2.75) is 18.9 Å². The van der Waals surface area contributed by atoms with E-state index in [1.165, 1.54) is 5.56 Å². The van der Waals surface area contributed by atoms with E-state index in [1.807, 2.05) is 36.4 Å². The molecule has 20 heavy (non-hydrogen) atoms. The normalized spacial score (nSPS) is 11.3. The molecule has 1 unspecified atom stereocenters. The lowest BCUT2D eigenvalue weighted by molar-refractivity contribution is 0.705. The van der Waals surface area contributed by atoms with Gasteiger partial charge in [0.25, 0.3) is 0 Å². The summed E-state index contributed by atoms with van der Waals surface area (Å²) in [4.78, 5) is 4.08. The van der Waals surface area contributed by atoms with Crippen LogP contribution in [-0.4, -0.2) is 4.98 Å². The molecule has 0 aliphatic heterocycles. The van der Waals surface area contributed by atoms with E-state index >= 15 is 0 Å². The maximum absolute atomic E-state index is 8.76. The summed E-state index contributed by atoms with van der Waals surface area (Å²) in [7, 11) is 0. The third kappa shape index (κ3) is 3.69. The highest BCUT2D eigenvalue weighted by Gasteiger charge is 2.10. The lowest BCUT2D eigenvalue weighted by atomic mass is 10.0. The Balaban J connectivity index is 2.14. The van der Waals surface area contributed by atoms with Crippen molar-refractivity contribution >= 4 is 5.69 Å². The molecule has 0 amide bonds. The van der Waals surface area contributed by atoms with Crippen molar-refractivity contribution in [3.05, 3.63) is 72.6 Å². The molecule has 0 spiro atoms. The van der Waals surface area contributed by atoms with Crippen molar-refractivity contribution in [2.24, 2.45) is 0 Å². The Morgan fingerprint density at radius 1 is 1.25 bits per heavy atom. The average Bonchev–Trinajstić information content (AvgIpc) is 2.53. The number of hydrogen-bond donors (Lipinski definition) is 1. The minimum atomic E-state index is 0.212. The molecule has 0 fully saturated rings. The largest absolute Gasteiger partial charge is 0.377 e. The van der Waals surface area contributed by atoms with E-state index in [2.05, 4.69) is 29.0 Å². The molecule has 0 saturated heterocycles. The maximum atomic E-state index is 8.76. The van der Waals surface area contributed by atoms with Crippen molar-refractivity contribution in [1.29, 1.82) is 5.26 Å². The molecule has 1 aromatic heterocycles. The predicted octanol–water partition coefficient (Wildman–Crippen LogP) is 4.07. The molecule has 3 heteroatoms. The van der Waals surface area contributed by atoms with Crippen molar-refractivity contribution in [3.8, 4) is 6.07 Å². The molecule has 100 valence electrons. The zero-order chi connectivity index (χ0) is 14.2. The van der Waals surface area contributed by atoms with Crippen molar-refractivity contribution < 1.29 is 0 Å². The number of benzene rings is 1. The quantitative estimate of drug-likeness (QED) is 0.799. The van der Waals surface area contributed by atoms with Crippen LogP contribution in [0.4, 0.5) is 5.69 Å². The highest BCUT2D eigenvalue weighted by Crippen LogP contribution is 2.23. The first kappa shape index (κ1) is 13.8. The molecule has 2 aromatic rings. The van der Waals surface area contributed by atoms with E-state index in [-0.39, 0.29) is 6.04 Å². The van der Waals surface area contributed by atoms with E-state index in [0.29, 0.717) is 5.69 Å². The molecule has 0 aliphatic carbocycles. The maximum Gasteiger partial charge on any atom is 0.140 e. The molecule has 1 heterocycles. The van der Waals surface area contributed by atoms with Crippen LogP contribution in [0.2, 0.25) is 0 Å². The number of nitrogens with one attached hydrogen (secondary N) is 1. The summed E-state index contributed by atoms with van der Waals surface area (Å²) in [5.41, 5.74) is 2.58. The first-order valence-electron chi connectivity index (χ1n) is 6.62. The van der Waals surface area contributed by atoms with Crippen molar-refractivity contribution in [3.63, 3.8) is 0 Å². The minimum absolute atomic E-state index is 0.212. The van der Waals surface area contributed by atoms with Gasteiger partial charge in [-0.05, 0) is 30.5 Å². The van der Waals surface area contributed by atoms with Gasteiger partial charge in [0, 0.05) is 0 Å². The van der Waals surface area contributed by atoms with Crippen LogP contribution in [0.15, 0.2) is 61.3 Å². The lowest BCUT2D eigenvalue weighted by Crippen LogP contribution is -2.10. The van der Waals surface area contributed by atoms with Crippen LogP contribution in [0.1, 0.15) is 30.1 Å². The molecular formula is C17H17N3. The average molecular weight is 263 g/mol. The third-order valence-corrected chi connectivity index (χ3v) is 3.08. The number of hydrogen-bond acceptors (Lipinski definition) is 3. The van der Waals surface area contributed by atoms with Gasteiger partial charge in [0.05, 0.1) is 17.9 Å². The van der Waals surface area contributed by atoms with Gasteiger partial charge >= 0.3 is 0 Å². The smallest absolute Gasteiger partial charge is 0.140 e. The second-order valence-electron chi connectivity index (χ2n) is 4.52. The zero-order valence-corrected chi connectivity index (χ0v) is 11.3. The summed E-state index contributed by atoms with van der Waals surface area (Å²) in [5.74, 6) is 0. The Morgan fingerprint density at radius 2 is 2.05 bits per heavy atom. The molecule has 1 N–H and O–H groups in total. The van der Waals surface area contributed by atoms with Crippen LogP contribution in [-0.2, 0) is 0 Å². The van der Waals surface area contributed by atoms with Gasteiger partial charge in [-0.15, -0.1) is 6.58 Å². The van der Waals surface area contributed by atoms with E-state index in [0.717, 1.165) is 18.5 Å². The molecule has 0 radical (unpaired) electrons.